The van der Waals surface area contributed by atoms with E-state index >= 15 is 0 Å². The molecule has 1 fully saturated rings. The van der Waals surface area contributed by atoms with E-state index in [1.807, 2.05) is 43.1 Å². The lowest BCUT2D eigenvalue weighted by atomic mass is 9.82. The van der Waals surface area contributed by atoms with Crippen molar-refractivity contribution >= 4 is 28.4 Å². The Bertz CT molecular complexity index is 1020. The fourth-order valence-electron chi connectivity index (χ4n) is 3.73. The Morgan fingerprint density at radius 2 is 2.21 bits per heavy atom. The van der Waals surface area contributed by atoms with E-state index in [-0.39, 0.29) is 17.9 Å². The molecule has 0 radical (unpaired) electrons. The third kappa shape index (κ3) is 3.43. The van der Waals surface area contributed by atoms with Crippen molar-refractivity contribution in [2.75, 3.05) is 25.0 Å². The second kappa shape index (κ2) is 7.20. The summed E-state index contributed by atoms with van der Waals surface area (Å²) in [6.07, 6.45) is 5.05. The summed E-state index contributed by atoms with van der Waals surface area (Å²) in [4.78, 5) is 23.4. The number of anilines is 2. The molecule has 2 N–H and O–H groups in total. The fourth-order valence-corrected chi connectivity index (χ4v) is 3.73. The molecule has 2 aromatic heterocycles. The highest BCUT2D eigenvalue weighted by Gasteiger charge is 2.32. The van der Waals surface area contributed by atoms with Crippen molar-refractivity contribution in [3.05, 3.63) is 42.4 Å². The number of likely N-dealkylation sites (tertiary alicyclic amines) is 1. The molecule has 8 heteroatoms. The van der Waals surface area contributed by atoms with Crippen LogP contribution in [0.4, 0.5) is 11.5 Å². The first-order chi connectivity index (χ1) is 13.5. The number of hydrogen-bond donors (Lipinski definition) is 2. The lowest BCUT2D eigenvalue weighted by Gasteiger charge is -2.39. The van der Waals surface area contributed by atoms with E-state index in [4.69, 9.17) is 0 Å². The average Bonchev–Trinajstić information content (AvgIpc) is 3.10. The van der Waals surface area contributed by atoms with E-state index in [1.165, 1.54) is 6.33 Å². The van der Waals surface area contributed by atoms with Crippen LogP contribution in [0.1, 0.15) is 30.1 Å². The minimum atomic E-state index is -0.226. The number of nitrogens with zero attached hydrogens (tertiary/aromatic N) is 5. The Balaban J connectivity index is 1.57. The molecule has 1 aliphatic heterocycles. The number of rotatable bonds is 4. The average molecular weight is 380 g/mol. The highest BCUT2D eigenvalue weighted by molar-refractivity contribution is 5.96. The number of amides is 1. The topological polar surface area (TPSA) is 96.2 Å². The number of fused-ring (bicyclic) bond motifs is 1. The molecule has 3 aromatic rings. The summed E-state index contributed by atoms with van der Waals surface area (Å²) < 4.78 is 1.69. The minimum Gasteiger partial charge on any atom is -0.396 e. The van der Waals surface area contributed by atoms with Gasteiger partial charge in [-0.05, 0) is 31.0 Å². The van der Waals surface area contributed by atoms with Gasteiger partial charge in [0.1, 0.15) is 12.1 Å². The molecule has 1 saturated heterocycles. The van der Waals surface area contributed by atoms with E-state index < -0.39 is 0 Å². The van der Waals surface area contributed by atoms with Crippen LogP contribution >= 0.6 is 0 Å². The summed E-state index contributed by atoms with van der Waals surface area (Å²) in [7, 11) is 1.83. The van der Waals surface area contributed by atoms with Gasteiger partial charge in [-0.1, -0.05) is 13.0 Å². The largest absolute Gasteiger partial charge is 0.396 e. The van der Waals surface area contributed by atoms with Crippen molar-refractivity contribution in [2.45, 2.75) is 19.8 Å². The lowest BCUT2D eigenvalue weighted by molar-refractivity contribution is 0.0358. The molecule has 8 nitrogen and oxygen atoms in total. The van der Waals surface area contributed by atoms with Crippen molar-refractivity contribution in [2.24, 2.45) is 12.5 Å². The van der Waals surface area contributed by atoms with Crippen LogP contribution in [-0.2, 0) is 7.05 Å². The molecule has 0 spiro atoms. The molecule has 0 unspecified atom stereocenters. The predicted molar refractivity (Wildman–Crippen MR) is 106 cm³/mol. The molecule has 4 rings (SSSR count). The summed E-state index contributed by atoms with van der Waals surface area (Å²) in [5.41, 5.74) is 1.90. The Kier molecular flexibility index (Phi) is 4.72. The Hall–Kier alpha value is -3.00. The predicted octanol–water partition coefficient (Wildman–Crippen LogP) is 2.34. The van der Waals surface area contributed by atoms with Crippen molar-refractivity contribution in [1.29, 1.82) is 0 Å². The van der Waals surface area contributed by atoms with Gasteiger partial charge >= 0.3 is 0 Å². The number of carbonyl (C=O) groups excluding carboxylic acids is 1. The first-order valence-electron chi connectivity index (χ1n) is 9.39. The standard InChI is InChI=1S/C20H24N6O2/c1-20(12-27)7-4-8-26(11-20)19(28)14-5-3-6-15(9-14)24-17-16-10-23-25(2)18(16)22-13-21-17/h3,5-6,9-10,13,27H,4,7-8,11-12H2,1-2H3,(H,21,22,24)/t20-/m0/s1. The van der Waals surface area contributed by atoms with Crippen molar-refractivity contribution in [3.63, 3.8) is 0 Å². The molecule has 0 bridgehead atoms. The zero-order chi connectivity index (χ0) is 19.7. The van der Waals surface area contributed by atoms with Crippen LogP contribution in [0.2, 0.25) is 0 Å². The Morgan fingerprint density at radius 3 is 3.04 bits per heavy atom. The fraction of sp³-hybridized carbons (Fsp3) is 0.400. The number of hydrogen-bond acceptors (Lipinski definition) is 6. The maximum absolute atomic E-state index is 13.0. The smallest absolute Gasteiger partial charge is 0.253 e. The maximum atomic E-state index is 13.0. The maximum Gasteiger partial charge on any atom is 0.253 e. The quantitative estimate of drug-likeness (QED) is 0.721. The molecule has 3 heterocycles. The summed E-state index contributed by atoms with van der Waals surface area (Å²) >= 11 is 0. The molecule has 0 aliphatic carbocycles. The molecule has 1 aromatic carbocycles. The number of aryl methyl sites for hydroxylation is 1. The molecular formula is C20H24N6O2. The van der Waals surface area contributed by atoms with Crippen LogP contribution in [0, 0.1) is 5.41 Å². The summed E-state index contributed by atoms with van der Waals surface area (Å²) in [6.45, 7) is 3.41. The van der Waals surface area contributed by atoms with E-state index in [0.29, 0.717) is 24.5 Å². The van der Waals surface area contributed by atoms with Gasteiger partial charge in [-0.3, -0.25) is 9.48 Å². The second-order valence-electron chi connectivity index (χ2n) is 7.73. The van der Waals surface area contributed by atoms with Crippen LogP contribution in [-0.4, -0.2) is 55.4 Å². The highest BCUT2D eigenvalue weighted by Crippen LogP contribution is 2.30. The van der Waals surface area contributed by atoms with Gasteiger partial charge in [0.05, 0.1) is 18.2 Å². The van der Waals surface area contributed by atoms with E-state index in [9.17, 15) is 9.90 Å². The van der Waals surface area contributed by atoms with Gasteiger partial charge in [0.2, 0.25) is 0 Å². The number of nitrogens with one attached hydrogen (secondary N) is 1. The van der Waals surface area contributed by atoms with Crippen LogP contribution in [0.25, 0.3) is 11.0 Å². The zero-order valence-corrected chi connectivity index (χ0v) is 16.1. The van der Waals surface area contributed by atoms with Gasteiger partial charge in [-0.2, -0.15) is 5.10 Å². The SMILES string of the molecule is Cn1ncc2c(Nc3cccc(C(=O)N4CCC[C@](C)(CO)C4)c3)ncnc21. The van der Waals surface area contributed by atoms with Gasteiger partial charge in [0, 0.05) is 36.8 Å². The Morgan fingerprint density at radius 1 is 1.36 bits per heavy atom. The second-order valence-corrected chi connectivity index (χ2v) is 7.73. The van der Waals surface area contributed by atoms with Crippen molar-refractivity contribution < 1.29 is 9.90 Å². The first kappa shape index (κ1) is 18.4. The number of piperidine rings is 1. The van der Waals surface area contributed by atoms with E-state index in [2.05, 4.69) is 20.4 Å². The van der Waals surface area contributed by atoms with Gasteiger partial charge in [0.25, 0.3) is 5.91 Å². The van der Waals surface area contributed by atoms with Gasteiger partial charge in [0.15, 0.2) is 5.65 Å². The Labute approximate surface area is 163 Å². The molecule has 1 atom stereocenters. The molecule has 28 heavy (non-hydrogen) atoms. The number of carbonyl (C=O) groups is 1. The summed E-state index contributed by atoms with van der Waals surface area (Å²) in [6, 6.07) is 7.40. The normalized spacial score (nSPS) is 19.8. The van der Waals surface area contributed by atoms with E-state index in [0.717, 1.165) is 29.6 Å². The van der Waals surface area contributed by atoms with Crippen molar-refractivity contribution in [3.8, 4) is 0 Å². The van der Waals surface area contributed by atoms with Crippen LogP contribution < -0.4 is 5.32 Å². The summed E-state index contributed by atoms with van der Waals surface area (Å²) in [5, 5.41) is 18.0. The van der Waals surface area contributed by atoms with Gasteiger partial charge < -0.3 is 15.3 Å². The molecule has 1 amide bonds. The monoisotopic (exact) mass is 380 g/mol. The third-order valence-electron chi connectivity index (χ3n) is 5.35. The van der Waals surface area contributed by atoms with Crippen molar-refractivity contribution in [1.82, 2.24) is 24.6 Å². The number of aliphatic hydroxyl groups is 1. The minimum absolute atomic E-state index is 0.0164. The van der Waals surface area contributed by atoms with Gasteiger partial charge in [-0.25, -0.2) is 9.97 Å². The number of aliphatic hydroxyl groups excluding tert-OH is 1. The van der Waals surface area contributed by atoms with Crippen LogP contribution in [0.5, 0.6) is 0 Å². The van der Waals surface area contributed by atoms with Crippen LogP contribution in [0.3, 0.4) is 0 Å². The van der Waals surface area contributed by atoms with E-state index in [1.54, 1.807) is 10.9 Å². The number of benzene rings is 1. The van der Waals surface area contributed by atoms with Gasteiger partial charge in [-0.15, -0.1) is 0 Å². The molecule has 146 valence electrons. The van der Waals surface area contributed by atoms with Crippen LogP contribution in [0.15, 0.2) is 36.8 Å². The zero-order valence-electron chi connectivity index (χ0n) is 16.1. The molecule has 0 saturated carbocycles. The third-order valence-corrected chi connectivity index (χ3v) is 5.35. The molecule has 1 aliphatic rings. The number of aromatic nitrogens is 4. The first-order valence-corrected chi connectivity index (χ1v) is 9.39. The lowest BCUT2D eigenvalue weighted by Crippen LogP contribution is -2.46. The summed E-state index contributed by atoms with van der Waals surface area (Å²) in [5.74, 6) is 0.630. The highest BCUT2D eigenvalue weighted by atomic mass is 16.3. The molecular weight excluding hydrogens is 356 g/mol.